The summed E-state index contributed by atoms with van der Waals surface area (Å²) in [5, 5.41) is 49.8. The fourth-order valence-electron chi connectivity index (χ4n) is 3.30. The van der Waals surface area contributed by atoms with Gasteiger partial charge in [-0.05, 0) is 61.1 Å². The first-order chi connectivity index (χ1) is 14.1. The van der Waals surface area contributed by atoms with Gasteiger partial charge in [0.05, 0.1) is 19.3 Å². The summed E-state index contributed by atoms with van der Waals surface area (Å²) in [5.74, 6) is 0. The predicted octanol–water partition coefficient (Wildman–Crippen LogP) is 1.48. The van der Waals surface area contributed by atoms with Crippen LogP contribution in [0.1, 0.15) is 33.4 Å². The summed E-state index contributed by atoms with van der Waals surface area (Å²) in [6.45, 7) is 7.54. The van der Waals surface area contributed by atoms with E-state index in [1.807, 2.05) is 64.1 Å². The van der Waals surface area contributed by atoms with Crippen LogP contribution in [0.25, 0.3) is 0 Å². The molecule has 0 heterocycles. The number of benzene rings is 2. The van der Waals surface area contributed by atoms with Gasteiger partial charge in [0.15, 0.2) is 0 Å². The molecule has 0 radical (unpaired) electrons. The molecule has 0 amide bonds. The summed E-state index contributed by atoms with van der Waals surface area (Å²) in [6.07, 6.45) is -6.91. The molecule has 2 aromatic carbocycles. The van der Waals surface area contributed by atoms with E-state index in [1.54, 1.807) is 0 Å². The lowest BCUT2D eigenvalue weighted by molar-refractivity contribution is -0.152. The first kappa shape index (κ1) is 24.5. The zero-order chi connectivity index (χ0) is 22.4. The van der Waals surface area contributed by atoms with E-state index in [-0.39, 0.29) is 6.61 Å². The lowest BCUT2D eigenvalue weighted by atomic mass is 9.94. The molecule has 166 valence electrons. The molecule has 6 nitrogen and oxygen atoms in total. The van der Waals surface area contributed by atoms with E-state index in [2.05, 4.69) is 0 Å². The Labute approximate surface area is 178 Å². The summed E-state index contributed by atoms with van der Waals surface area (Å²) in [5.41, 5.74) is 6.40. The quantitative estimate of drug-likeness (QED) is 0.400. The van der Waals surface area contributed by atoms with Crippen molar-refractivity contribution in [1.29, 1.82) is 0 Å². The molecule has 2 aromatic rings. The second kappa shape index (κ2) is 11.0. The van der Waals surface area contributed by atoms with Crippen LogP contribution in [-0.2, 0) is 17.8 Å². The van der Waals surface area contributed by atoms with Gasteiger partial charge in [0.25, 0.3) is 0 Å². The van der Waals surface area contributed by atoms with E-state index in [9.17, 15) is 20.4 Å². The second-order valence-corrected chi connectivity index (χ2v) is 8.11. The first-order valence-corrected chi connectivity index (χ1v) is 10.2. The van der Waals surface area contributed by atoms with Crippen LogP contribution in [0.5, 0.6) is 0 Å². The van der Waals surface area contributed by atoms with Crippen molar-refractivity contribution in [3.8, 4) is 0 Å². The number of aryl methyl sites for hydroxylation is 4. The predicted molar refractivity (Wildman–Crippen MR) is 115 cm³/mol. The van der Waals surface area contributed by atoms with Gasteiger partial charge in [-0.2, -0.15) is 0 Å². The fourth-order valence-corrected chi connectivity index (χ4v) is 3.30. The lowest BCUT2D eigenvalue weighted by Crippen LogP contribution is -2.51. The number of rotatable bonds is 10. The molecule has 0 saturated heterocycles. The van der Waals surface area contributed by atoms with E-state index in [1.165, 1.54) is 5.56 Å². The molecular weight excluding hydrogens is 384 g/mol. The molecule has 0 aliphatic heterocycles. The molecule has 0 fully saturated rings. The Bertz CT molecular complexity index is 821. The van der Waals surface area contributed by atoms with Crippen molar-refractivity contribution in [3.05, 3.63) is 69.8 Å². The molecule has 6 heteroatoms. The summed E-state index contributed by atoms with van der Waals surface area (Å²) in [7, 11) is 0. The van der Waals surface area contributed by atoms with Crippen molar-refractivity contribution >= 4 is 0 Å². The Hall–Kier alpha value is -1.80. The monoisotopic (exact) mass is 418 g/mol. The van der Waals surface area contributed by atoms with Crippen molar-refractivity contribution < 1.29 is 30.3 Å². The van der Waals surface area contributed by atoms with Crippen LogP contribution < -0.4 is 0 Å². The van der Waals surface area contributed by atoms with Crippen LogP contribution in [0.4, 0.5) is 0 Å². The SMILES string of the molecule is Cc1ccc(COC(Cc2ccc(C)c(C)c2)C(O)C(O)C(O)C(O)CO)cc1C. The van der Waals surface area contributed by atoms with Crippen LogP contribution in [-0.4, -0.2) is 62.7 Å². The third kappa shape index (κ3) is 6.35. The van der Waals surface area contributed by atoms with Gasteiger partial charge in [0.1, 0.15) is 24.4 Å². The summed E-state index contributed by atoms with van der Waals surface area (Å²) >= 11 is 0. The second-order valence-electron chi connectivity index (χ2n) is 8.11. The molecule has 5 atom stereocenters. The molecule has 0 saturated carbocycles. The smallest absolute Gasteiger partial charge is 0.111 e. The van der Waals surface area contributed by atoms with E-state index >= 15 is 0 Å². The normalized spacial score (nSPS) is 16.7. The number of aliphatic hydroxyl groups excluding tert-OH is 5. The average Bonchev–Trinajstić information content (AvgIpc) is 2.73. The van der Waals surface area contributed by atoms with Gasteiger partial charge in [-0.3, -0.25) is 0 Å². The molecule has 0 aliphatic rings. The van der Waals surface area contributed by atoms with Crippen LogP contribution in [0.3, 0.4) is 0 Å². The largest absolute Gasteiger partial charge is 0.394 e. The van der Waals surface area contributed by atoms with Gasteiger partial charge in [-0.25, -0.2) is 0 Å². The van der Waals surface area contributed by atoms with Gasteiger partial charge in [0.2, 0.25) is 0 Å². The Kier molecular flexibility index (Phi) is 8.97. The summed E-state index contributed by atoms with van der Waals surface area (Å²) in [4.78, 5) is 0. The third-order valence-corrected chi connectivity index (χ3v) is 5.71. The molecular formula is C24H34O6. The minimum absolute atomic E-state index is 0.221. The lowest BCUT2D eigenvalue weighted by Gasteiger charge is -2.31. The maximum absolute atomic E-state index is 10.7. The molecule has 0 spiro atoms. The maximum atomic E-state index is 10.7. The summed E-state index contributed by atoms with van der Waals surface area (Å²) < 4.78 is 5.98. The number of ether oxygens (including phenoxy) is 1. The molecule has 2 rings (SSSR count). The molecule has 5 N–H and O–H groups in total. The standard InChI is InChI=1S/C24H34O6/c1-14-5-7-18(9-16(14)3)11-21(23(28)24(29)22(27)20(26)12-25)30-13-19-8-6-15(2)17(4)10-19/h5-10,20-29H,11-13H2,1-4H3. The number of aliphatic hydroxyl groups is 5. The number of hydrogen-bond acceptors (Lipinski definition) is 6. The van der Waals surface area contributed by atoms with Crippen LogP contribution >= 0.6 is 0 Å². The molecule has 0 bridgehead atoms. The van der Waals surface area contributed by atoms with Crippen molar-refractivity contribution in [2.75, 3.05) is 6.61 Å². The highest BCUT2D eigenvalue weighted by molar-refractivity contribution is 5.31. The highest BCUT2D eigenvalue weighted by atomic mass is 16.5. The van der Waals surface area contributed by atoms with E-state index < -0.39 is 37.1 Å². The molecule has 0 aromatic heterocycles. The van der Waals surface area contributed by atoms with Crippen LogP contribution in [0.2, 0.25) is 0 Å². The van der Waals surface area contributed by atoms with Crippen molar-refractivity contribution in [1.82, 2.24) is 0 Å². The Morgan fingerprint density at radius 1 is 0.700 bits per heavy atom. The highest BCUT2D eigenvalue weighted by Crippen LogP contribution is 2.20. The average molecular weight is 419 g/mol. The maximum Gasteiger partial charge on any atom is 0.111 e. The number of hydrogen-bond donors (Lipinski definition) is 5. The Morgan fingerprint density at radius 2 is 1.23 bits per heavy atom. The van der Waals surface area contributed by atoms with E-state index in [0.29, 0.717) is 6.42 Å². The van der Waals surface area contributed by atoms with Crippen molar-refractivity contribution in [2.45, 2.75) is 71.2 Å². The highest BCUT2D eigenvalue weighted by Gasteiger charge is 2.35. The topological polar surface area (TPSA) is 110 Å². The zero-order valence-electron chi connectivity index (χ0n) is 18.1. The van der Waals surface area contributed by atoms with Gasteiger partial charge in [-0.15, -0.1) is 0 Å². The van der Waals surface area contributed by atoms with Gasteiger partial charge in [-0.1, -0.05) is 36.4 Å². The van der Waals surface area contributed by atoms with Gasteiger partial charge >= 0.3 is 0 Å². The Morgan fingerprint density at radius 3 is 1.77 bits per heavy atom. The zero-order valence-corrected chi connectivity index (χ0v) is 18.1. The van der Waals surface area contributed by atoms with Crippen molar-refractivity contribution in [2.24, 2.45) is 0 Å². The molecule has 5 unspecified atom stereocenters. The van der Waals surface area contributed by atoms with Crippen molar-refractivity contribution in [3.63, 3.8) is 0 Å². The van der Waals surface area contributed by atoms with Gasteiger partial charge in [0, 0.05) is 6.42 Å². The minimum atomic E-state index is -1.70. The van der Waals surface area contributed by atoms with Crippen LogP contribution in [0, 0.1) is 27.7 Å². The molecule has 0 aliphatic carbocycles. The Balaban J connectivity index is 2.21. The first-order valence-electron chi connectivity index (χ1n) is 10.2. The summed E-state index contributed by atoms with van der Waals surface area (Å²) in [6, 6.07) is 11.9. The van der Waals surface area contributed by atoms with E-state index in [4.69, 9.17) is 9.84 Å². The molecule has 30 heavy (non-hydrogen) atoms. The van der Waals surface area contributed by atoms with Crippen LogP contribution in [0.15, 0.2) is 36.4 Å². The fraction of sp³-hybridized carbons (Fsp3) is 0.500. The van der Waals surface area contributed by atoms with Gasteiger partial charge < -0.3 is 30.3 Å². The van der Waals surface area contributed by atoms with E-state index in [0.717, 1.165) is 27.8 Å². The minimum Gasteiger partial charge on any atom is -0.394 e. The third-order valence-electron chi connectivity index (χ3n) is 5.71.